The second-order valence-electron chi connectivity index (χ2n) is 4.75. The highest BCUT2D eigenvalue weighted by Gasteiger charge is 2.15. The zero-order chi connectivity index (χ0) is 15.9. The number of methoxy groups -OCH3 is 1. The van der Waals surface area contributed by atoms with Crippen LogP contribution in [-0.4, -0.2) is 19.1 Å². The van der Waals surface area contributed by atoms with Crippen molar-refractivity contribution in [3.05, 3.63) is 59.9 Å². The summed E-state index contributed by atoms with van der Waals surface area (Å²) < 4.78 is 23.7. The molecule has 2 aromatic rings. The molecular formula is C17H18FNO3. The van der Waals surface area contributed by atoms with E-state index in [4.69, 9.17) is 9.47 Å². The molecule has 4 nitrogen and oxygen atoms in total. The molecule has 1 N–H and O–H groups in total. The number of amides is 1. The van der Waals surface area contributed by atoms with E-state index in [2.05, 4.69) is 5.32 Å². The summed E-state index contributed by atoms with van der Waals surface area (Å²) in [5.41, 5.74) is 0.872. The van der Waals surface area contributed by atoms with Crippen LogP contribution in [0.2, 0.25) is 0 Å². The van der Waals surface area contributed by atoms with Gasteiger partial charge in [-0.2, -0.15) is 0 Å². The lowest BCUT2D eigenvalue weighted by Gasteiger charge is -2.15. The van der Waals surface area contributed by atoms with Gasteiger partial charge in [0, 0.05) is 18.2 Å². The molecule has 0 radical (unpaired) electrons. The van der Waals surface area contributed by atoms with E-state index in [-0.39, 0.29) is 5.91 Å². The van der Waals surface area contributed by atoms with Gasteiger partial charge in [0.25, 0.3) is 5.91 Å². The van der Waals surface area contributed by atoms with E-state index in [0.717, 1.165) is 5.56 Å². The van der Waals surface area contributed by atoms with E-state index < -0.39 is 11.9 Å². The summed E-state index contributed by atoms with van der Waals surface area (Å²) in [5, 5.41) is 2.77. The molecule has 0 bridgehead atoms. The topological polar surface area (TPSA) is 47.6 Å². The van der Waals surface area contributed by atoms with Crippen molar-refractivity contribution < 1.29 is 18.7 Å². The SMILES string of the molecule is COc1ccccc1CNC(=O)C(C)Oc1cccc(F)c1. The van der Waals surface area contributed by atoms with Crippen LogP contribution in [-0.2, 0) is 11.3 Å². The van der Waals surface area contributed by atoms with Crippen LogP contribution in [0.5, 0.6) is 11.5 Å². The molecule has 0 heterocycles. The first-order valence-electron chi connectivity index (χ1n) is 6.92. The van der Waals surface area contributed by atoms with Crippen molar-refractivity contribution in [2.24, 2.45) is 0 Å². The molecule has 0 aliphatic rings. The Hall–Kier alpha value is -2.56. The van der Waals surface area contributed by atoms with Crippen molar-refractivity contribution in [3.63, 3.8) is 0 Å². The Balaban J connectivity index is 1.91. The van der Waals surface area contributed by atoms with Gasteiger partial charge in [0.15, 0.2) is 6.10 Å². The summed E-state index contributed by atoms with van der Waals surface area (Å²) in [4.78, 5) is 12.0. The quantitative estimate of drug-likeness (QED) is 0.892. The fraction of sp³-hybridized carbons (Fsp3) is 0.235. The van der Waals surface area contributed by atoms with Crippen LogP contribution in [0, 0.1) is 5.82 Å². The normalized spacial score (nSPS) is 11.6. The highest BCUT2D eigenvalue weighted by Crippen LogP contribution is 2.17. The highest BCUT2D eigenvalue weighted by molar-refractivity contribution is 5.80. The van der Waals surface area contributed by atoms with Crippen LogP contribution in [0.15, 0.2) is 48.5 Å². The Morgan fingerprint density at radius 1 is 1.23 bits per heavy atom. The molecule has 5 heteroatoms. The molecule has 1 amide bonds. The third-order valence-corrected chi connectivity index (χ3v) is 3.12. The van der Waals surface area contributed by atoms with E-state index >= 15 is 0 Å². The average molecular weight is 303 g/mol. The van der Waals surface area contributed by atoms with E-state index in [9.17, 15) is 9.18 Å². The fourth-order valence-corrected chi connectivity index (χ4v) is 1.97. The average Bonchev–Trinajstić information content (AvgIpc) is 2.52. The van der Waals surface area contributed by atoms with Crippen LogP contribution in [0.1, 0.15) is 12.5 Å². The number of nitrogens with one attached hydrogen (secondary N) is 1. The minimum absolute atomic E-state index is 0.282. The number of hydrogen-bond acceptors (Lipinski definition) is 3. The van der Waals surface area contributed by atoms with Crippen molar-refractivity contribution in [2.45, 2.75) is 19.6 Å². The van der Waals surface area contributed by atoms with Gasteiger partial charge in [0.2, 0.25) is 0 Å². The smallest absolute Gasteiger partial charge is 0.261 e. The molecule has 0 aliphatic carbocycles. The molecule has 2 aromatic carbocycles. The Morgan fingerprint density at radius 3 is 2.73 bits per heavy atom. The zero-order valence-corrected chi connectivity index (χ0v) is 12.5. The van der Waals surface area contributed by atoms with E-state index in [1.165, 1.54) is 18.2 Å². The van der Waals surface area contributed by atoms with Gasteiger partial charge in [-0.3, -0.25) is 4.79 Å². The van der Waals surface area contributed by atoms with Gasteiger partial charge >= 0.3 is 0 Å². The highest BCUT2D eigenvalue weighted by atomic mass is 19.1. The number of hydrogen-bond donors (Lipinski definition) is 1. The molecule has 2 rings (SSSR count). The Kier molecular flexibility index (Phi) is 5.36. The Bertz CT molecular complexity index is 645. The van der Waals surface area contributed by atoms with Crippen molar-refractivity contribution in [3.8, 4) is 11.5 Å². The lowest BCUT2D eigenvalue weighted by molar-refractivity contribution is -0.127. The first kappa shape index (κ1) is 15.8. The number of ether oxygens (including phenoxy) is 2. The van der Waals surface area contributed by atoms with E-state index in [0.29, 0.717) is 18.0 Å². The molecule has 1 unspecified atom stereocenters. The van der Waals surface area contributed by atoms with Crippen LogP contribution in [0.3, 0.4) is 0 Å². The van der Waals surface area contributed by atoms with Gasteiger partial charge in [-0.05, 0) is 25.1 Å². The predicted octanol–water partition coefficient (Wildman–Crippen LogP) is 2.92. The number of para-hydroxylation sites is 1. The number of carbonyl (C=O) groups is 1. The summed E-state index contributed by atoms with van der Waals surface area (Å²) in [7, 11) is 1.58. The molecule has 22 heavy (non-hydrogen) atoms. The second kappa shape index (κ2) is 7.45. The van der Waals surface area contributed by atoms with E-state index in [1.807, 2.05) is 24.3 Å². The minimum atomic E-state index is -0.725. The van der Waals surface area contributed by atoms with Gasteiger partial charge in [-0.25, -0.2) is 4.39 Å². The van der Waals surface area contributed by atoms with Gasteiger partial charge in [0.1, 0.15) is 17.3 Å². The molecule has 0 spiro atoms. The van der Waals surface area contributed by atoms with Crippen molar-refractivity contribution >= 4 is 5.91 Å². The number of benzene rings is 2. The van der Waals surface area contributed by atoms with Gasteiger partial charge in [-0.15, -0.1) is 0 Å². The Morgan fingerprint density at radius 2 is 2.00 bits per heavy atom. The first-order chi connectivity index (χ1) is 10.6. The summed E-state index contributed by atoms with van der Waals surface area (Å²) in [6.45, 7) is 1.95. The zero-order valence-electron chi connectivity index (χ0n) is 12.5. The van der Waals surface area contributed by atoms with Crippen molar-refractivity contribution in [1.29, 1.82) is 0 Å². The maximum atomic E-state index is 13.1. The van der Waals surface area contributed by atoms with Gasteiger partial charge in [0.05, 0.1) is 7.11 Å². The molecule has 0 fully saturated rings. The second-order valence-corrected chi connectivity index (χ2v) is 4.75. The van der Waals surface area contributed by atoms with E-state index in [1.54, 1.807) is 20.1 Å². The predicted molar refractivity (Wildman–Crippen MR) is 81.3 cm³/mol. The minimum Gasteiger partial charge on any atom is -0.496 e. The van der Waals surface area contributed by atoms with Crippen LogP contribution in [0.4, 0.5) is 4.39 Å². The molecule has 0 aliphatic heterocycles. The molecule has 0 aromatic heterocycles. The lowest BCUT2D eigenvalue weighted by atomic mass is 10.2. The molecule has 0 saturated heterocycles. The van der Waals surface area contributed by atoms with Crippen LogP contribution < -0.4 is 14.8 Å². The molecular weight excluding hydrogens is 285 g/mol. The standard InChI is InChI=1S/C17H18FNO3/c1-12(22-15-8-5-7-14(18)10-15)17(20)19-11-13-6-3-4-9-16(13)21-2/h3-10,12H,11H2,1-2H3,(H,19,20). The largest absolute Gasteiger partial charge is 0.496 e. The molecule has 1 atom stereocenters. The van der Waals surface area contributed by atoms with Gasteiger partial charge in [-0.1, -0.05) is 24.3 Å². The van der Waals surface area contributed by atoms with Gasteiger partial charge < -0.3 is 14.8 Å². The molecule has 116 valence electrons. The summed E-state index contributed by atoms with van der Waals surface area (Å²) in [5.74, 6) is 0.343. The monoisotopic (exact) mass is 303 g/mol. The summed E-state index contributed by atoms with van der Waals surface area (Å²) in [6.07, 6.45) is -0.725. The third-order valence-electron chi connectivity index (χ3n) is 3.12. The number of halogens is 1. The van der Waals surface area contributed by atoms with Crippen LogP contribution in [0.25, 0.3) is 0 Å². The summed E-state index contributed by atoms with van der Waals surface area (Å²) in [6, 6.07) is 13.1. The lowest BCUT2D eigenvalue weighted by Crippen LogP contribution is -2.36. The van der Waals surface area contributed by atoms with Crippen LogP contribution >= 0.6 is 0 Å². The number of rotatable bonds is 6. The maximum absolute atomic E-state index is 13.1. The molecule has 0 saturated carbocycles. The number of carbonyl (C=O) groups excluding carboxylic acids is 1. The van der Waals surface area contributed by atoms with Crippen molar-refractivity contribution in [1.82, 2.24) is 5.32 Å². The Labute approximate surface area is 128 Å². The van der Waals surface area contributed by atoms with Crippen molar-refractivity contribution in [2.75, 3.05) is 7.11 Å². The third kappa shape index (κ3) is 4.22. The fourth-order valence-electron chi connectivity index (χ4n) is 1.97. The maximum Gasteiger partial charge on any atom is 0.261 e. The summed E-state index contributed by atoms with van der Waals surface area (Å²) >= 11 is 0. The first-order valence-corrected chi connectivity index (χ1v) is 6.92.